The minimum absolute atomic E-state index is 0.0269. The SMILES string of the molecule is CC(=O)N1Cc2ccccc2C[C@H]1C(=O)N[C@H]1CCCc2occc21. The maximum Gasteiger partial charge on any atom is 0.243 e. The third-order valence-corrected chi connectivity index (χ3v) is 5.32. The Morgan fingerprint density at radius 1 is 1.20 bits per heavy atom. The second-order valence-electron chi connectivity index (χ2n) is 6.89. The molecule has 1 aromatic heterocycles. The zero-order valence-electron chi connectivity index (χ0n) is 14.3. The van der Waals surface area contributed by atoms with Gasteiger partial charge in [0.1, 0.15) is 11.8 Å². The van der Waals surface area contributed by atoms with Crippen LogP contribution in [0.5, 0.6) is 0 Å². The van der Waals surface area contributed by atoms with E-state index in [2.05, 4.69) is 5.32 Å². The van der Waals surface area contributed by atoms with E-state index < -0.39 is 6.04 Å². The summed E-state index contributed by atoms with van der Waals surface area (Å²) in [6, 6.07) is 9.49. The number of benzene rings is 1. The van der Waals surface area contributed by atoms with Crippen LogP contribution in [0.15, 0.2) is 41.0 Å². The molecule has 5 nitrogen and oxygen atoms in total. The van der Waals surface area contributed by atoms with E-state index in [4.69, 9.17) is 4.42 Å². The maximum absolute atomic E-state index is 13.0. The van der Waals surface area contributed by atoms with Crippen molar-refractivity contribution in [2.75, 3.05) is 0 Å². The smallest absolute Gasteiger partial charge is 0.243 e. The van der Waals surface area contributed by atoms with E-state index in [1.807, 2.05) is 30.3 Å². The summed E-state index contributed by atoms with van der Waals surface area (Å²) in [6.45, 7) is 2.02. The van der Waals surface area contributed by atoms with Gasteiger partial charge in [0.05, 0.1) is 12.3 Å². The standard InChI is InChI=1S/C20H22N2O3/c1-13(23)22-12-15-6-3-2-5-14(15)11-18(22)20(24)21-17-7-4-8-19-16(17)9-10-25-19/h2-3,5-6,9-10,17-18H,4,7-8,11-12H2,1H3,(H,21,24)/t17-,18-/m0/s1. The van der Waals surface area contributed by atoms with E-state index in [9.17, 15) is 9.59 Å². The molecule has 1 aliphatic carbocycles. The fourth-order valence-electron chi connectivity index (χ4n) is 3.99. The topological polar surface area (TPSA) is 62.6 Å². The van der Waals surface area contributed by atoms with Crippen LogP contribution in [0.1, 0.15) is 48.3 Å². The van der Waals surface area contributed by atoms with Crippen molar-refractivity contribution in [1.82, 2.24) is 10.2 Å². The number of aryl methyl sites for hydroxylation is 1. The molecule has 2 heterocycles. The largest absolute Gasteiger partial charge is 0.469 e. The molecular formula is C20H22N2O3. The number of hydrogen-bond donors (Lipinski definition) is 1. The van der Waals surface area contributed by atoms with Gasteiger partial charge >= 0.3 is 0 Å². The highest BCUT2D eigenvalue weighted by Gasteiger charge is 2.35. The summed E-state index contributed by atoms with van der Waals surface area (Å²) < 4.78 is 5.50. The lowest BCUT2D eigenvalue weighted by Crippen LogP contribution is -2.52. The molecule has 25 heavy (non-hydrogen) atoms. The summed E-state index contributed by atoms with van der Waals surface area (Å²) in [5, 5.41) is 3.15. The number of rotatable bonds is 2. The molecule has 0 saturated heterocycles. The van der Waals surface area contributed by atoms with E-state index in [1.165, 1.54) is 6.92 Å². The highest BCUT2D eigenvalue weighted by molar-refractivity contribution is 5.88. The normalized spacial score (nSPS) is 22.0. The van der Waals surface area contributed by atoms with Gasteiger partial charge in [0.15, 0.2) is 0 Å². The molecule has 130 valence electrons. The Hall–Kier alpha value is -2.56. The van der Waals surface area contributed by atoms with Crippen LogP contribution in [0.4, 0.5) is 0 Å². The minimum Gasteiger partial charge on any atom is -0.469 e. The van der Waals surface area contributed by atoms with Crippen LogP contribution in [0, 0.1) is 0 Å². The van der Waals surface area contributed by atoms with Crippen molar-refractivity contribution in [3.05, 3.63) is 59.0 Å². The number of nitrogens with one attached hydrogen (secondary N) is 1. The van der Waals surface area contributed by atoms with Crippen LogP contribution in [0.25, 0.3) is 0 Å². The molecule has 1 N–H and O–H groups in total. The third-order valence-electron chi connectivity index (χ3n) is 5.32. The second kappa shape index (κ2) is 6.39. The molecule has 1 aromatic carbocycles. The van der Waals surface area contributed by atoms with Gasteiger partial charge in [-0.2, -0.15) is 0 Å². The number of nitrogens with zero attached hydrogens (tertiary/aromatic N) is 1. The van der Waals surface area contributed by atoms with Crippen molar-refractivity contribution in [2.45, 2.75) is 51.2 Å². The maximum atomic E-state index is 13.0. The van der Waals surface area contributed by atoms with Gasteiger partial charge < -0.3 is 14.6 Å². The fraction of sp³-hybridized carbons (Fsp3) is 0.400. The first-order valence-corrected chi connectivity index (χ1v) is 8.84. The van der Waals surface area contributed by atoms with Gasteiger partial charge in [-0.25, -0.2) is 0 Å². The monoisotopic (exact) mass is 338 g/mol. The predicted octanol–water partition coefficient (Wildman–Crippen LogP) is 2.75. The summed E-state index contributed by atoms with van der Waals surface area (Å²) in [5.41, 5.74) is 3.34. The number of carbonyl (C=O) groups is 2. The van der Waals surface area contributed by atoms with E-state index >= 15 is 0 Å². The third kappa shape index (κ3) is 2.95. The lowest BCUT2D eigenvalue weighted by Gasteiger charge is -2.36. The Morgan fingerprint density at radius 3 is 2.80 bits per heavy atom. The average Bonchev–Trinajstić information content (AvgIpc) is 3.10. The molecule has 0 radical (unpaired) electrons. The number of hydrogen-bond acceptors (Lipinski definition) is 3. The summed E-state index contributed by atoms with van der Waals surface area (Å²) in [6.07, 6.45) is 5.07. The number of carbonyl (C=O) groups excluding carboxylic acids is 2. The van der Waals surface area contributed by atoms with Crippen LogP contribution in [0.2, 0.25) is 0 Å². The van der Waals surface area contributed by atoms with Crippen molar-refractivity contribution in [3.63, 3.8) is 0 Å². The van der Waals surface area contributed by atoms with Crippen LogP contribution >= 0.6 is 0 Å². The molecular weight excluding hydrogens is 316 g/mol. The Morgan fingerprint density at radius 2 is 2.00 bits per heavy atom. The average molecular weight is 338 g/mol. The van der Waals surface area contributed by atoms with Gasteiger partial charge in [0.25, 0.3) is 0 Å². The van der Waals surface area contributed by atoms with Gasteiger partial charge in [-0.15, -0.1) is 0 Å². The molecule has 0 spiro atoms. The molecule has 0 unspecified atom stereocenters. The molecule has 1 aliphatic heterocycles. The lowest BCUT2D eigenvalue weighted by molar-refractivity contribution is -0.140. The summed E-state index contributed by atoms with van der Waals surface area (Å²) >= 11 is 0. The highest BCUT2D eigenvalue weighted by Crippen LogP contribution is 2.31. The fourth-order valence-corrected chi connectivity index (χ4v) is 3.99. The van der Waals surface area contributed by atoms with Gasteiger partial charge in [-0.05, 0) is 30.0 Å². The second-order valence-corrected chi connectivity index (χ2v) is 6.89. The van der Waals surface area contributed by atoms with Crippen LogP contribution < -0.4 is 5.32 Å². The van der Waals surface area contributed by atoms with E-state index in [1.54, 1.807) is 11.2 Å². The number of amides is 2. The van der Waals surface area contributed by atoms with E-state index in [-0.39, 0.29) is 17.9 Å². The van der Waals surface area contributed by atoms with Gasteiger partial charge in [-0.1, -0.05) is 24.3 Å². The first-order chi connectivity index (χ1) is 12.1. The van der Waals surface area contributed by atoms with Gasteiger partial charge in [-0.3, -0.25) is 9.59 Å². The van der Waals surface area contributed by atoms with Crippen molar-refractivity contribution >= 4 is 11.8 Å². The molecule has 2 atom stereocenters. The first-order valence-electron chi connectivity index (χ1n) is 8.84. The molecule has 0 bridgehead atoms. The summed E-state index contributed by atoms with van der Waals surface area (Å²) in [5.74, 6) is 0.819. The number of furan rings is 1. The first kappa shape index (κ1) is 15.9. The van der Waals surface area contributed by atoms with Crippen LogP contribution in [0.3, 0.4) is 0 Å². The predicted molar refractivity (Wildman–Crippen MR) is 92.7 cm³/mol. The Labute approximate surface area is 147 Å². The van der Waals surface area contributed by atoms with Crippen LogP contribution in [-0.2, 0) is 29.0 Å². The molecule has 2 aromatic rings. The van der Waals surface area contributed by atoms with E-state index in [0.717, 1.165) is 41.7 Å². The lowest BCUT2D eigenvalue weighted by atomic mass is 9.91. The molecule has 0 fully saturated rings. The van der Waals surface area contributed by atoms with Gasteiger partial charge in [0.2, 0.25) is 11.8 Å². The van der Waals surface area contributed by atoms with Crippen molar-refractivity contribution in [2.24, 2.45) is 0 Å². The van der Waals surface area contributed by atoms with E-state index in [0.29, 0.717) is 13.0 Å². The molecule has 2 aliphatic rings. The van der Waals surface area contributed by atoms with Crippen molar-refractivity contribution in [3.8, 4) is 0 Å². The van der Waals surface area contributed by atoms with Crippen molar-refractivity contribution in [1.29, 1.82) is 0 Å². The Kier molecular flexibility index (Phi) is 4.07. The molecule has 0 saturated carbocycles. The Balaban J connectivity index is 1.56. The zero-order chi connectivity index (χ0) is 17.4. The zero-order valence-corrected chi connectivity index (χ0v) is 14.3. The molecule has 2 amide bonds. The summed E-state index contributed by atoms with van der Waals surface area (Å²) in [7, 11) is 0. The molecule has 4 rings (SSSR count). The van der Waals surface area contributed by atoms with Crippen LogP contribution in [-0.4, -0.2) is 22.8 Å². The minimum atomic E-state index is -0.454. The Bertz CT molecular complexity index is 811. The van der Waals surface area contributed by atoms with Crippen molar-refractivity contribution < 1.29 is 14.0 Å². The quantitative estimate of drug-likeness (QED) is 0.916. The highest BCUT2D eigenvalue weighted by atomic mass is 16.3. The van der Waals surface area contributed by atoms with Gasteiger partial charge in [0, 0.05) is 31.9 Å². The molecule has 5 heteroatoms. The number of fused-ring (bicyclic) bond motifs is 2. The summed E-state index contributed by atoms with van der Waals surface area (Å²) in [4.78, 5) is 26.8.